The fourth-order valence-electron chi connectivity index (χ4n) is 1.80. The van der Waals surface area contributed by atoms with E-state index in [4.69, 9.17) is 23.8 Å². The van der Waals surface area contributed by atoms with Gasteiger partial charge in [-0.25, -0.2) is 4.39 Å². The summed E-state index contributed by atoms with van der Waals surface area (Å²) in [6, 6.07) is 12.5. The van der Waals surface area contributed by atoms with Crippen LogP contribution in [0.15, 0.2) is 48.5 Å². The van der Waals surface area contributed by atoms with E-state index in [0.29, 0.717) is 28.8 Å². The number of halogens is 2. The Balaban J connectivity index is 1.69. The summed E-state index contributed by atoms with van der Waals surface area (Å²) in [5, 5.41) is 9.72. The molecule has 0 heterocycles. The smallest absolute Gasteiger partial charge is 0.251 e. The van der Waals surface area contributed by atoms with Gasteiger partial charge in [0, 0.05) is 29.4 Å². The van der Waals surface area contributed by atoms with Crippen molar-refractivity contribution in [3.63, 3.8) is 0 Å². The summed E-state index contributed by atoms with van der Waals surface area (Å²) >= 11 is 11.0. The quantitative estimate of drug-likeness (QED) is 0.572. The highest BCUT2D eigenvalue weighted by Gasteiger charge is 2.04. The highest BCUT2D eigenvalue weighted by atomic mass is 35.5. The first-order valence-electron chi connectivity index (χ1n) is 6.89. The minimum absolute atomic E-state index is 0.263. The van der Waals surface area contributed by atoms with Gasteiger partial charge in [-0.15, -0.1) is 0 Å². The molecule has 3 N–H and O–H groups in total. The third-order valence-corrected chi connectivity index (χ3v) is 3.37. The Morgan fingerprint density at radius 3 is 2.48 bits per heavy atom. The van der Waals surface area contributed by atoms with Gasteiger partial charge >= 0.3 is 0 Å². The van der Waals surface area contributed by atoms with Crippen LogP contribution in [-0.4, -0.2) is 24.1 Å². The Morgan fingerprint density at radius 2 is 1.78 bits per heavy atom. The van der Waals surface area contributed by atoms with Crippen molar-refractivity contribution in [1.82, 2.24) is 10.6 Å². The predicted molar refractivity (Wildman–Crippen MR) is 94.4 cm³/mol. The van der Waals surface area contributed by atoms with E-state index in [2.05, 4.69) is 16.0 Å². The van der Waals surface area contributed by atoms with Crippen molar-refractivity contribution in [3.05, 3.63) is 64.9 Å². The Hall–Kier alpha value is -2.18. The van der Waals surface area contributed by atoms with Gasteiger partial charge in [0.15, 0.2) is 5.11 Å². The summed E-state index contributed by atoms with van der Waals surface area (Å²) in [6.45, 7) is 0.840. The summed E-state index contributed by atoms with van der Waals surface area (Å²) < 4.78 is 12.8. The Bertz CT molecular complexity index is 694. The molecule has 0 saturated carbocycles. The van der Waals surface area contributed by atoms with Crippen LogP contribution in [0.3, 0.4) is 0 Å². The maximum atomic E-state index is 12.8. The topological polar surface area (TPSA) is 53.2 Å². The molecule has 23 heavy (non-hydrogen) atoms. The number of nitrogens with one attached hydrogen (secondary N) is 3. The summed E-state index contributed by atoms with van der Waals surface area (Å²) in [5.41, 5.74) is 1.19. The molecule has 0 unspecified atom stereocenters. The molecule has 0 aliphatic rings. The number of carbonyl (C=O) groups excluding carboxylic acids is 1. The maximum Gasteiger partial charge on any atom is 0.251 e. The average molecular weight is 352 g/mol. The van der Waals surface area contributed by atoms with Crippen LogP contribution in [0.1, 0.15) is 10.4 Å². The lowest BCUT2D eigenvalue weighted by Crippen LogP contribution is -2.36. The van der Waals surface area contributed by atoms with Gasteiger partial charge in [0.25, 0.3) is 5.91 Å². The lowest BCUT2D eigenvalue weighted by atomic mass is 10.2. The number of hydrogen-bond donors (Lipinski definition) is 3. The normalized spacial score (nSPS) is 10.0. The Morgan fingerprint density at radius 1 is 1.09 bits per heavy atom. The zero-order valence-electron chi connectivity index (χ0n) is 12.1. The number of carbonyl (C=O) groups is 1. The third-order valence-electron chi connectivity index (χ3n) is 2.89. The van der Waals surface area contributed by atoms with Gasteiger partial charge in [-0.1, -0.05) is 17.7 Å². The fourth-order valence-corrected chi connectivity index (χ4v) is 2.21. The molecule has 120 valence electrons. The van der Waals surface area contributed by atoms with Gasteiger partial charge in [0.05, 0.1) is 0 Å². The molecule has 0 atom stereocenters. The van der Waals surface area contributed by atoms with Crippen LogP contribution in [0, 0.1) is 5.82 Å². The van der Waals surface area contributed by atoms with Gasteiger partial charge < -0.3 is 16.0 Å². The standard InChI is InChI=1S/C16H15ClFN3OS/c17-12-2-1-3-14(10-12)21-16(23)20-9-8-19-15(22)11-4-6-13(18)7-5-11/h1-7,10H,8-9H2,(H,19,22)(H2,20,21,23). The number of thiocarbonyl (C=S) groups is 1. The lowest BCUT2D eigenvalue weighted by Gasteiger charge is -2.11. The summed E-state index contributed by atoms with van der Waals surface area (Å²) in [7, 11) is 0. The molecule has 0 radical (unpaired) electrons. The van der Waals surface area contributed by atoms with E-state index in [1.807, 2.05) is 12.1 Å². The van der Waals surface area contributed by atoms with Crippen LogP contribution in [0.25, 0.3) is 0 Å². The van der Waals surface area contributed by atoms with Crippen molar-refractivity contribution in [2.75, 3.05) is 18.4 Å². The van der Waals surface area contributed by atoms with Crippen molar-refractivity contribution in [3.8, 4) is 0 Å². The zero-order chi connectivity index (χ0) is 16.7. The first-order valence-corrected chi connectivity index (χ1v) is 7.67. The number of amides is 1. The fraction of sp³-hybridized carbons (Fsp3) is 0.125. The molecule has 0 aliphatic heterocycles. The molecule has 0 bridgehead atoms. The van der Waals surface area contributed by atoms with Crippen molar-refractivity contribution in [2.45, 2.75) is 0 Å². The summed E-state index contributed by atoms with van der Waals surface area (Å²) in [6.07, 6.45) is 0. The highest BCUT2D eigenvalue weighted by molar-refractivity contribution is 7.80. The Labute approximate surface area is 144 Å². The number of hydrogen-bond acceptors (Lipinski definition) is 2. The first-order chi connectivity index (χ1) is 11.0. The second-order valence-electron chi connectivity index (χ2n) is 4.65. The molecule has 0 aliphatic carbocycles. The number of anilines is 1. The molecule has 2 aromatic rings. The van der Waals surface area contributed by atoms with Crippen LogP contribution in [0.4, 0.5) is 10.1 Å². The SMILES string of the molecule is O=C(NCCNC(=S)Nc1cccc(Cl)c1)c1ccc(F)cc1. The number of rotatable bonds is 5. The highest BCUT2D eigenvalue weighted by Crippen LogP contribution is 2.14. The first kappa shape index (κ1) is 17.2. The van der Waals surface area contributed by atoms with E-state index < -0.39 is 0 Å². The minimum atomic E-state index is -0.374. The molecule has 4 nitrogen and oxygen atoms in total. The second-order valence-corrected chi connectivity index (χ2v) is 5.50. The molecular formula is C16H15ClFN3OS. The Kier molecular flexibility index (Phi) is 6.31. The zero-order valence-corrected chi connectivity index (χ0v) is 13.7. The third kappa shape index (κ3) is 5.84. The van der Waals surface area contributed by atoms with Gasteiger partial charge in [-0.2, -0.15) is 0 Å². The summed E-state index contributed by atoms with van der Waals surface area (Å²) in [5.74, 6) is -0.638. The molecule has 0 fully saturated rings. The van der Waals surface area contributed by atoms with Crippen molar-refractivity contribution >= 4 is 40.5 Å². The van der Waals surface area contributed by atoms with Crippen LogP contribution < -0.4 is 16.0 Å². The van der Waals surface area contributed by atoms with Crippen molar-refractivity contribution in [1.29, 1.82) is 0 Å². The monoisotopic (exact) mass is 351 g/mol. The van der Waals surface area contributed by atoms with Crippen molar-refractivity contribution < 1.29 is 9.18 Å². The largest absolute Gasteiger partial charge is 0.361 e. The maximum absolute atomic E-state index is 12.8. The van der Waals surface area contributed by atoms with E-state index in [1.54, 1.807) is 12.1 Å². The molecule has 1 amide bonds. The molecule has 7 heteroatoms. The van der Waals surface area contributed by atoms with Crippen LogP contribution in [0.2, 0.25) is 5.02 Å². The van der Waals surface area contributed by atoms with E-state index in [-0.39, 0.29) is 11.7 Å². The van der Waals surface area contributed by atoms with Gasteiger partial charge in [0.2, 0.25) is 0 Å². The van der Waals surface area contributed by atoms with Gasteiger partial charge in [-0.05, 0) is 54.7 Å². The summed E-state index contributed by atoms with van der Waals surface area (Å²) in [4.78, 5) is 11.8. The van der Waals surface area contributed by atoms with E-state index in [0.717, 1.165) is 5.69 Å². The van der Waals surface area contributed by atoms with E-state index in [9.17, 15) is 9.18 Å². The van der Waals surface area contributed by atoms with Gasteiger partial charge in [-0.3, -0.25) is 4.79 Å². The number of benzene rings is 2. The molecular weight excluding hydrogens is 337 g/mol. The predicted octanol–water partition coefficient (Wildman–Crippen LogP) is 3.20. The van der Waals surface area contributed by atoms with Crippen LogP contribution >= 0.6 is 23.8 Å². The van der Waals surface area contributed by atoms with Gasteiger partial charge in [0.1, 0.15) is 5.82 Å². The molecule has 2 aromatic carbocycles. The minimum Gasteiger partial charge on any atom is -0.361 e. The van der Waals surface area contributed by atoms with Crippen LogP contribution in [0.5, 0.6) is 0 Å². The average Bonchev–Trinajstić information content (AvgIpc) is 2.52. The molecule has 2 rings (SSSR count). The van der Waals surface area contributed by atoms with E-state index >= 15 is 0 Å². The van der Waals surface area contributed by atoms with Crippen molar-refractivity contribution in [2.24, 2.45) is 0 Å². The van der Waals surface area contributed by atoms with Crippen LogP contribution in [-0.2, 0) is 0 Å². The molecule has 0 aromatic heterocycles. The molecule has 0 saturated heterocycles. The lowest BCUT2D eigenvalue weighted by molar-refractivity contribution is 0.0954. The van der Waals surface area contributed by atoms with E-state index in [1.165, 1.54) is 24.3 Å². The second kappa shape index (κ2) is 8.45. The molecule has 0 spiro atoms.